The summed E-state index contributed by atoms with van der Waals surface area (Å²) in [6, 6.07) is 0. The smallest absolute Gasteiger partial charge is 0 e. The van der Waals surface area contributed by atoms with E-state index in [0.29, 0.717) is 0 Å². The molecule has 1 nitrogen and oxygen atoms in total. The van der Waals surface area contributed by atoms with Crippen LogP contribution in [0.4, 0.5) is 0 Å². The molecule has 0 heterocycles. The van der Waals surface area contributed by atoms with Gasteiger partial charge in [-0.2, -0.15) is 0 Å². The van der Waals surface area contributed by atoms with Gasteiger partial charge in [0.2, 0.25) is 0 Å². The van der Waals surface area contributed by atoms with Crippen molar-refractivity contribution >= 4 is 0 Å². The largest absolute Gasteiger partial charge is 0.330 e. The minimum absolute atomic E-state index is 0. The first-order valence-corrected chi connectivity index (χ1v) is 5.12. The molecule has 0 rings (SSSR count). The Kier molecular flexibility index (Phi) is 17.7. The molecule has 12 heavy (non-hydrogen) atoms. The van der Waals surface area contributed by atoms with Crippen molar-refractivity contribution in [1.29, 1.82) is 0 Å². The Labute approximate surface area is 90.2 Å². The van der Waals surface area contributed by atoms with Gasteiger partial charge in [0.25, 0.3) is 0 Å². The van der Waals surface area contributed by atoms with E-state index < -0.39 is 0 Å². The summed E-state index contributed by atoms with van der Waals surface area (Å²) in [5.41, 5.74) is 5.39. The van der Waals surface area contributed by atoms with Gasteiger partial charge in [0, 0.05) is 19.5 Å². The van der Waals surface area contributed by atoms with Gasteiger partial charge in [-0.05, 0) is 13.0 Å². The Balaban J connectivity index is 0. The van der Waals surface area contributed by atoms with E-state index >= 15 is 0 Å². The molecule has 2 N–H and O–H groups in total. The molecule has 0 aliphatic heterocycles. The third-order valence-electron chi connectivity index (χ3n) is 2.06. The number of nitrogens with two attached hydrogens (primary N) is 1. The standard InChI is InChI=1S/C10H23N.Ru/c1-2-3-4-5-6-7-8-9-10-11;/h2-11H2,1H3;. The third kappa shape index (κ3) is 13.2. The molecule has 0 radical (unpaired) electrons. The average molecular weight is 258 g/mol. The first-order chi connectivity index (χ1) is 5.41. The van der Waals surface area contributed by atoms with E-state index in [1.165, 1.54) is 51.4 Å². The summed E-state index contributed by atoms with van der Waals surface area (Å²) in [5.74, 6) is 0. The quantitative estimate of drug-likeness (QED) is 0.525. The van der Waals surface area contributed by atoms with Crippen LogP contribution in [0, 0.1) is 0 Å². The van der Waals surface area contributed by atoms with Gasteiger partial charge in [0.15, 0.2) is 0 Å². The number of hydrogen-bond acceptors (Lipinski definition) is 1. The first-order valence-electron chi connectivity index (χ1n) is 5.12. The predicted molar refractivity (Wildman–Crippen MR) is 51.7 cm³/mol. The zero-order valence-electron chi connectivity index (χ0n) is 8.29. The van der Waals surface area contributed by atoms with Gasteiger partial charge in [-0.3, -0.25) is 0 Å². The molecule has 0 aromatic rings. The van der Waals surface area contributed by atoms with Crippen LogP contribution in [-0.2, 0) is 19.5 Å². The van der Waals surface area contributed by atoms with Crippen LogP contribution in [0.3, 0.4) is 0 Å². The number of rotatable bonds is 8. The van der Waals surface area contributed by atoms with Gasteiger partial charge in [0.1, 0.15) is 0 Å². The van der Waals surface area contributed by atoms with Crippen LogP contribution in [0.15, 0.2) is 0 Å². The molecule has 0 aromatic carbocycles. The topological polar surface area (TPSA) is 26.0 Å². The number of unbranched alkanes of at least 4 members (excludes halogenated alkanes) is 7. The molecule has 0 aromatic heterocycles. The summed E-state index contributed by atoms with van der Waals surface area (Å²) in [5, 5.41) is 0. The minimum atomic E-state index is 0. The summed E-state index contributed by atoms with van der Waals surface area (Å²) in [6.45, 7) is 3.13. The molecule has 0 aliphatic carbocycles. The summed E-state index contributed by atoms with van der Waals surface area (Å²) < 4.78 is 0. The van der Waals surface area contributed by atoms with Crippen molar-refractivity contribution in [2.75, 3.05) is 6.54 Å². The van der Waals surface area contributed by atoms with E-state index in [1.807, 2.05) is 0 Å². The average Bonchev–Trinajstić information content (AvgIpc) is 2.03. The fourth-order valence-electron chi connectivity index (χ4n) is 1.28. The van der Waals surface area contributed by atoms with Crippen molar-refractivity contribution in [3.05, 3.63) is 0 Å². The van der Waals surface area contributed by atoms with Crippen LogP contribution in [0.25, 0.3) is 0 Å². The van der Waals surface area contributed by atoms with E-state index in [2.05, 4.69) is 6.92 Å². The maximum atomic E-state index is 5.39. The van der Waals surface area contributed by atoms with Crippen LogP contribution >= 0.6 is 0 Å². The van der Waals surface area contributed by atoms with Gasteiger partial charge in [-0.25, -0.2) is 0 Å². The van der Waals surface area contributed by atoms with Crippen molar-refractivity contribution in [2.24, 2.45) is 5.73 Å². The van der Waals surface area contributed by atoms with Crippen LogP contribution in [0.5, 0.6) is 0 Å². The fraction of sp³-hybridized carbons (Fsp3) is 1.00. The third-order valence-corrected chi connectivity index (χ3v) is 2.06. The Bertz CT molecular complexity index is 58.9. The molecule has 0 atom stereocenters. The maximum absolute atomic E-state index is 5.39. The van der Waals surface area contributed by atoms with Gasteiger partial charge in [-0.15, -0.1) is 0 Å². The van der Waals surface area contributed by atoms with Crippen molar-refractivity contribution in [3.8, 4) is 0 Å². The SMILES string of the molecule is CCCCCCCCCCN.[Ru]. The normalized spacial score (nSPS) is 9.50. The molecular weight excluding hydrogens is 235 g/mol. The first kappa shape index (κ1) is 15.1. The zero-order chi connectivity index (χ0) is 8.36. The maximum Gasteiger partial charge on any atom is 0 e. The molecular formula is C10H23NRu. The van der Waals surface area contributed by atoms with Crippen molar-refractivity contribution in [3.63, 3.8) is 0 Å². The van der Waals surface area contributed by atoms with E-state index in [-0.39, 0.29) is 19.5 Å². The molecule has 76 valence electrons. The summed E-state index contributed by atoms with van der Waals surface area (Å²) in [7, 11) is 0. The van der Waals surface area contributed by atoms with E-state index in [1.54, 1.807) is 0 Å². The van der Waals surface area contributed by atoms with Crippen molar-refractivity contribution in [2.45, 2.75) is 58.3 Å². The Morgan fingerprint density at radius 1 is 0.750 bits per heavy atom. The minimum Gasteiger partial charge on any atom is -0.330 e. The molecule has 2 heteroatoms. The molecule has 0 amide bonds. The van der Waals surface area contributed by atoms with Crippen molar-refractivity contribution in [1.82, 2.24) is 0 Å². The molecule has 0 saturated heterocycles. The number of hydrogen-bond donors (Lipinski definition) is 1. The molecule has 0 spiro atoms. The molecule has 0 fully saturated rings. The van der Waals surface area contributed by atoms with E-state index in [4.69, 9.17) is 5.73 Å². The van der Waals surface area contributed by atoms with Crippen LogP contribution < -0.4 is 5.73 Å². The second-order valence-corrected chi connectivity index (χ2v) is 3.26. The van der Waals surface area contributed by atoms with Crippen molar-refractivity contribution < 1.29 is 19.5 Å². The van der Waals surface area contributed by atoms with Crippen LogP contribution in [-0.4, -0.2) is 6.54 Å². The zero-order valence-corrected chi connectivity index (χ0v) is 10.0. The van der Waals surface area contributed by atoms with Gasteiger partial charge in [0.05, 0.1) is 0 Å². The fourth-order valence-corrected chi connectivity index (χ4v) is 1.28. The summed E-state index contributed by atoms with van der Waals surface area (Å²) in [6.07, 6.45) is 11.0. The van der Waals surface area contributed by atoms with Gasteiger partial charge >= 0.3 is 0 Å². The van der Waals surface area contributed by atoms with E-state index in [0.717, 1.165) is 6.54 Å². The predicted octanol–water partition coefficient (Wildman–Crippen LogP) is 3.08. The second kappa shape index (κ2) is 14.1. The molecule has 0 unspecified atom stereocenters. The summed E-state index contributed by atoms with van der Waals surface area (Å²) in [4.78, 5) is 0. The van der Waals surface area contributed by atoms with Gasteiger partial charge < -0.3 is 5.73 Å². The Hall–Kier alpha value is 0.583. The van der Waals surface area contributed by atoms with E-state index in [9.17, 15) is 0 Å². The molecule has 0 bridgehead atoms. The van der Waals surface area contributed by atoms with Crippen LogP contribution in [0.1, 0.15) is 58.3 Å². The second-order valence-electron chi connectivity index (χ2n) is 3.26. The molecule has 0 saturated carbocycles. The van der Waals surface area contributed by atoms with Gasteiger partial charge in [-0.1, -0.05) is 51.9 Å². The monoisotopic (exact) mass is 259 g/mol. The Morgan fingerprint density at radius 2 is 1.17 bits per heavy atom. The Morgan fingerprint density at radius 3 is 1.58 bits per heavy atom. The molecule has 0 aliphatic rings. The van der Waals surface area contributed by atoms with Crippen LogP contribution in [0.2, 0.25) is 0 Å². The summed E-state index contributed by atoms with van der Waals surface area (Å²) >= 11 is 0.